The van der Waals surface area contributed by atoms with E-state index >= 15 is 0 Å². The molecular formula is C14H20ClN3. The van der Waals surface area contributed by atoms with Crippen molar-refractivity contribution in [3.8, 4) is 0 Å². The molecule has 1 N–H and O–H groups in total. The van der Waals surface area contributed by atoms with Crippen molar-refractivity contribution in [2.75, 3.05) is 26.2 Å². The maximum absolute atomic E-state index is 5.89. The van der Waals surface area contributed by atoms with E-state index in [1.54, 1.807) is 0 Å². The number of aromatic nitrogens is 1. The molecule has 1 aromatic heterocycles. The van der Waals surface area contributed by atoms with Crippen LogP contribution in [0.4, 0.5) is 0 Å². The van der Waals surface area contributed by atoms with Crippen LogP contribution in [0.2, 0.25) is 5.15 Å². The summed E-state index contributed by atoms with van der Waals surface area (Å²) >= 11 is 5.89. The minimum atomic E-state index is 0.532. The van der Waals surface area contributed by atoms with Crippen molar-refractivity contribution in [2.45, 2.75) is 25.3 Å². The molecule has 98 valence electrons. The molecule has 1 atom stereocenters. The molecule has 0 radical (unpaired) electrons. The van der Waals surface area contributed by atoms with Crippen molar-refractivity contribution in [1.82, 2.24) is 15.2 Å². The van der Waals surface area contributed by atoms with Gasteiger partial charge in [0.25, 0.3) is 0 Å². The fourth-order valence-electron chi connectivity index (χ4n) is 2.74. The first-order chi connectivity index (χ1) is 8.83. The molecule has 1 aliphatic carbocycles. The Kier molecular flexibility index (Phi) is 3.83. The largest absolute Gasteiger partial charge is 0.314 e. The Morgan fingerprint density at radius 3 is 2.72 bits per heavy atom. The van der Waals surface area contributed by atoms with Crippen molar-refractivity contribution < 1.29 is 0 Å². The van der Waals surface area contributed by atoms with E-state index < -0.39 is 0 Å². The molecule has 3 nitrogen and oxygen atoms in total. The van der Waals surface area contributed by atoms with Gasteiger partial charge < -0.3 is 5.32 Å². The zero-order chi connectivity index (χ0) is 12.4. The molecule has 0 spiro atoms. The highest BCUT2D eigenvalue weighted by Crippen LogP contribution is 2.40. The van der Waals surface area contributed by atoms with Crippen LogP contribution in [-0.4, -0.2) is 36.1 Å². The third-order valence-corrected chi connectivity index (χ3v) is 4.20. The second-order valence-corrected chi connectivity index (χ2v) is 5.78. The molecule has 1 saturated carbocycles. The number of hydrogen-bond donors (Lipinski definition) is 1. The van der Waals surface area contributed by atoms with Gasteiger partial charge in [0, 0.05) is 38.4 Å². The molecule has 4 heteroatoms. The number of halogens is 1. The van der Waals surface area contributed by atoms with Crippen LogP contribution < -0.4 is 5.32 Å². The molecule has 1 aromatic rings. The van der Waals surface area contributed by atoms with E-state index in [0.29, 0.717) is 11.2 Å². The highest BCUT2D eigenvalue weighted by atomic mass is 35.5. The molecule has 3 rings (SSSR count). The van der Waals surface area contributed by atoms with Gasteiger partial charge in [-0.3, -0.25) is 4.90 Å². The monoisotopic (exact) mass is 265 g/mol. The van der Waals surface area contributed by atoms with Gasteiger partial charge in [-0.2, -0.15) is 0 Å². The number of nitrogens with one attached hydrogen (secondary N) is 1. The number of pyridine rings is 1. The standard InChI is InChI=1S/C14H20ClN3/c15-14-4-3-12(10-17-14)13(9-11-1-2-11)18-7-5-16-6-8-18/h3-4,10-11,13,16H,1-2,5-9H2/t13-/m1/s1. The summed E-state index contributed by atoms with van der Waals surface area (Å²) in [5, 5.41) is 4.01. The molecule has 1 saturated heterocycles. The van der Waals surface area contributed by atoms with E-state index in [9.17, 15) is 0 Å². The fourth-order valence-corrected chi connectivity index (χ4v) is 2.86. The molecular weight excluding hydrogens is 246 g/mol. The zero-order valence-electron chi connectivity index (χ0n) is 10.6. The third kappa shape index (κ3) is 3.02. The van der Waals surface area contributed by atoms with Crippen LogP contribution in [0.15, 0.2) is 18.3 Å². The van der Waals surface area contributed by atoms with E-state index in [-0.39, 0.29) is 0 Å². The lowest BCUT2D eigenvalue weighted by Gasteiger charge is -2.35. The Hall–Kier alpha value is -0.640. The summed E-state index contributed by atoms with van der Waals surface area (Å²) in [4.78, 5) is 6.84. The van der Waals surface area contributed by atoms with E-state index in [2.05, 4.69) is 21.3 Å². The van der Waals surface area contributed by atoms with Crippen LogP contribution in [0, 0.1) is 5.92 Å². The fraction of sp³-hybridized carbons (Fsp3) is 0.643. The summed E-state index contributed by atoms with van der Waals surface area (Å²) in [5.41, 5.74) is 1.33. The molecule has 2 fully saturated rings. The van der Waals surface area contributed by atoms with Crippen LogP contribution in [0.5, 0.6) is 0 Å². The minimum Gasteiger partial charge on any atom is -0.314 e. The molecule has 0 aromatic carbocycles. The van der Waals surface area contributed by atoms with Crippen LogP contribution in [0.3, 0.4) is 0 Å². The molecule has 1 aliphatic heterocycles. The summed E-state index contributed by atoms with van der Waals surface area (Å²) in [6, 6.07) is 4.59. The van der Waals surface area contributed by atoms with Crippen molar-refractivity contribution in [3.63, 3.8) is 0 Å². The van der Waals surface area contributed by atoms with Gasteiger partial charge in [-0.05, 0) is 24.0 Å². The van der Waals surface area contributed by atoms with Gasteiger partial charge in [0.05, 0.1) is 0 Å². The smallest absolute Gasteiger partial charge is 0.129 e. The normalized spacial score (nSPS) is 22.9. The predicted octanol–water partition coefficient (Wildman–Crippen LogP) is 2.48. The van der Waals surface area contributed by atoms with E-state index in [1.165, 1.54) is 24.8 Å². The molecule has 0 unspecified atom stereocenters. The van der Waals surface area contributed by atoms with Gasteiger partial charge in [-0.15, -0.1) is 0 Å². The van der Waals surface area contributed by atoms with Gasteiger partial charge in [0.2, 0.25) is 0 Å². The molecule has 18 heavy (non-hydrogen) atoms. The summed E-state index contributed by atoms with van der Waals surface area (Å²) < 4.78 is 0. The highest BCUT2D eigenvalue weighted by molar-refractivity contribution is 6.29. The van der Waals surface area contributed by atoms with Gasteiger partial charge in [-0.25, -0.2) is 4.98 Å². The maximum Gasteiger partial charge on any atom is 0.129 e. The van der Waals surface area contributed by atoms with E-state index in [1.807, 2.05) is 12.3 Å². The predicted molar refractivity (Wildman–Crippen MR) is 73.8 cm³/mol. The van der Waals surface area contributed by atoms with E-state index in [0.717, 1.165) is 32.1 Å². The number of piperazine rings is 1. The Balaban J connectivity index is 1.76. The number of nitrogens with zero attached hydrogens (tertiary/aromatic N) is 2. The third-order valence-electron chi connectivity index (χ3n) is 3.98. The zero-order valence-corrected chi connectivity index (χ0v) is 11.4. The molecule has 2 aliphatic rings. The van der Waals surface area contributed by atoms with Gasteiger partial charge >= 0.3 is 0 Å². The summed E-state index contributed by atoms with van der Waals surface area (Å²) in [6.45, 7) is 4.48. The lowest BCUT2D eigenvalue weighted by molar-refractivity contribution is 0.160. The second-order valence-electron chi connectivity index (χ2n) is 5.40. The molecule has 2 heterocycles. The highest BCUT2D eigenvalue weighted by Gasteiger charge is 2.30. The SMILES string of the molecule is Clc1ccc([C@@H](CC2CC2)N2CCNCC2)cn1. The lowest BCUT2D eigenvalue weighted by atomic mass is 10.0. The average molecular weight is 266 g/mol. The lowest BCUT2D eigenvalue weighted by Crippen LogP contribution is -2.45. The number of hydrogen-bond acceptors (Lipinski definition) is 3. The molecule has 0 amide bonds. The second kappa shape index (κ2) is 5.55. The Labute approximate surface area is 114 Å². The van der Waals surface area contributed by atoms with Gasteiger partial charge in [0.15, 0.2) is 0 Å². The van der Waals surface area contributed by atoms with Crippen LogP contribution >= 0.6 is 11.6 Å². The Morgan fingerprint density at radius 2 is 2.11 bits per heavy atom. The first kappa shape index (κ1) is 12.4. The first-order valence-corrected chi connectivity index (χ1v) is 7.27. The minimum absolute atomic E-state index is 0.532. The summed E-state index contributed by atoms with van der Waals surface area (Å²) in [7, 11) is 0. The number of rotatable bonds is 4. The average Bonchev–Trinajstić information content (AvgIpc) is 3.22. The van der Waals surface area contributed by atoms with Crippen LogP contribution in [-0.2, 0) is 0 Å². The van der Waals surface area contributed by atoms with Crippen molar-refractivity contribution in [3.05, 3.63) is 29.0 Å². The summed E-state index contributed by atoms with van der Waals surface area (Å²) in [6.07, 6.45) is 6.05. The first-order valence-electron chi connectivity index (χ1n) is 6.89. The molecule has 0 bridgehead atoms. The topological polar surface area (TPSA) is 28.2 Å². The van der Waals surface area contributed by atoms with Crippen LogP contribution in [0.1, 0.15) is 30.9 Å². The van der Waals surface area contributed by atoms with Gasteiger partial charge in [-0.1, -0.05) is 30.5 Å². The Bertz CT molecular complexity index is 383. The summed E-state index contributed by atoms with van der Waals surface area (Å²) in [5.74, 6) is 0.931. The van der Waals surface area contributed by atoms with Crippen molar-refractivity contribution in [1.29, 1.82) is 0 Å². The van der Waals surface area contributed by atoms with Crippen molar-refractivity contribution in [2.24, 2.45) is 5.92 Å². The van der Waals surface area contributed by atoms with Crippen molar-refractivity contribution >= 4 is 11.6 Å². The maximum atomic E-state index is 5.89. The quantitative estimate of drug-likeness (QED) is 0.848. The van der Waals surface area contributed by atoms with Gasteiger partial charge in [0.1, 0.15) is 5.15 Å². The van der Waals surface area contributed by atoms with Crippen LogP contribution in [0.25, 0.3) is 0 Å². The Morgan fingerprint density at radius 1 is 1.33 bits per heavy atom. The van der Waals surface area contributed by atoms with E-state index in [4.69, 9.17) is 11.6 Å².